The molecule has 0 bridgehead atoms. The zero-order valence-electron chi connectivity index (χ0n) is 14.9. The van der Waals surface area contributed by atoms with Crippen LogP contribution in [0.4, 0.5) is 0 Å². The molecule has 0 unspecified atom stereocenters. The molecule has 1 saturated heterocycles. The Labute approximate surface area is 153 Å². The van der Waals surface area contributed by atoms with Crippen LogP contribution in [-0.4, -0.2) is 52.7 Å². The Morgan fingerprint density at radius 2 is 2.00 bits per heavy atom. The van der Waals surface area contributed by atoms with Crippen molar-refractivity contribution >= 4 is 15.9 Å². The van der Waals surface area contributed by atoms with Crippen LogP contribution in [0.25, 0.3) is 5.69 Å². The number of sulfonamides is 1. The lowest BCUT2D eigenvalue weighted by Gasteiger charge is -2.33. The van der Waals surface area contributed by atoms with Crippen molar-refractivity contribution in [3.63, 3.8) is 0 Å². The van der Waals surface area contributed by atoms with E-state index in [2.05, 4.69) is 11.9 Å². The Morgan fingerprint density at radius 1 is 1.23 bits per heavy atom. The number of aromatic nitrogens is 2. The first-order chi connectivity index (χ1) is 12.4. The maximum Gasteiger partial charge on any atom is 0.274 e. The molecule has 0 saturated carbocycles. The predicted molar refractivity (Wildman–Crippen MR) is 96.6 cm³/mol. The molecule has 2 aliphatic heterocycles. The fraction of sp³-hybridized carbons (Fsp3) is 0.444. The Balaban J connectivity index is 1.84. The zero-order valence-corrected chi connectivity index (χ0v) is 15.7. The predicted octanol–water partition coefficient (Wildman–Crippen LogP) is 2.02. The number of amides is 1. The van der Waals surface area contributed by atoms with Crippen LogP contribution in [0.3, 0.4) is 0 Å². The molecule has 0 aliphatic carbocycles. The summed E-state index contributed by atoms with van der Waals surface area (Å²) in [6.07, 6.45) is 4.66. The molecule has 3 heterocycles. The van der Waals surface area contributed by atoms with Gasteiger partial charge in [0.05, 0.1) is 17.9 Å². The lowest BCUT2D eigenvalue weighted by atomic mass is 10.0. The smallest absolute Gasteiger partial charge is 0.274 e. The van der Waals surface area contributed by atoms with Gasteiger partial charge in [-0.2, -0.15) is 4.31 Å². The molecule has 1 aromatic heterocycles. The molecule has 4 rings (SSSR count). The minimum atomic E-state index is -3.61. The van der Waals surface area contributed by atoms with Crippen LogP contribution in [0.15, 0.2) is 35.5 Å². The van der Waals surface area contributed by atoms with E-state index in [0.717, 1.165) is 25.8 Å². The van der Waals surface area contributed by atoms with Crippen molar-refractivity contribution in [2.75, 3.05) is 13.6 Å². The van der Waals surface area contributed by atoms with Crippen molar-refractivity contribution in [3.8, 4) is 5.69 Å². The van der Waals surface area contributed by atoms with E-state index in [4.69, 9.17) is 0 Å². The second-order valence-electron chi connectivity index (χ2n) is 6.98. The van der Waals surface area contributed by atoms with Gasteiger partial charge in [-0.3, -0.25) is 9.36 Å². The number of carbonyl (C=O) groups is 1. The van der Waals surface area contributed by atoms with Crippen LogP contribution in [0, 0.1) is 0 Å². The Hall–Kier alpha value is -2.19. The Bertz CT molecular complexity index is 967. The summed E-state index contributed by atoms with van der Waals surface area (Å²) in [5, 5.41) is 0. The van der Waals surface area contributed by atoms with Gasteiger partial charge in [-0.15, -0.1) is 0 Å². The van der Waals surface area contributed by atoms with E-state index in [1.807, 2.05) is 4.90 Å². The average molecular weight is 374 g/mol. The van der Waals surface area contributed by atoms with E-state index in [1.165, 1.54) is 11.4 Å². The van der Waals surface area contributed by atoms with Gasteiger partial charge in [-0.25, -0.2) is 13.4 Å². The highest BCUT2D eigenvalue weighted by molar-refractivity contribution is 7.89. The number of benzene rings is 1. The van der Waals surface area contributed by atoms with Gasteiger partial charge in [0.15, 0.2) is 5.69 Å². The van der Waals surface area contributed by atoms with Crippen molar-refractivity contribution < 1.29 is 13.2 Å². The summed E-state index contributed by atoms with van der Waals surface area (Å²) in [6, 6.07) is 7.00. The number of rotatable bonds is 1. The number of piperidine rings is 1. The molecule has 8 heteroatoms. The van der Waals surface area contributed by atoms with Crippen LogP contribution < -0.4 is 0 Å². The lowest BCUT2D eigenvalue weighted by Crippen LogP contribution is -2.42. The maximum atomic E-state index is 13.1. The highest BCUT2D eigenvalue weighted by Gasteiger charge is 2.34. The number of carbonyl (C=O) groups excluding carboxylic acids is 1. The summed E-state index contributed by atoms with van der Waals surface area (Å²) in [5.74, 6) is -0.115. The SMILES string of the molecule is C[C@@H]1CCCCN1C(=O)c1ncn2c1CN(C)S(=O)(=O)c1ccccc1-2. The fourth-order valence-corrected chi connectivity index (χ4v) is 5.09. The van der Waals surface area contributed by atoms with Crippen LogP contribution in [-0.2, 0) is 16.6 Å². The summed E-state index contributed by atoms with van der Waals surface area (Å²) in [5.41, 5.74) is 1.49. The van der Waals surface area contributed by atoms with Gasteiger partial charge in [0, 0.05) is 19.6 Å². The lowest BCUT2D eigenvalue weighted by molar-refractivity contribution is 0.0628. The molecular formula is C18H22N4O3S. The third-order valence-electron chi connectivity index (χ3n) is 5.32. The molecule has 1 amide bonds. The van der Waals surface area contributed by atoms with Crippen molar-refractivity contribution in [3.05, 3.63) is 42.0 Å². The van der Waals surface area contributed by atoms with Crippen LogP contribution >= 0.6 is 0 Å². The van der Waals surface area contributed by atoms with Crippen molar-refractivity contribution in [2.45, 2.75) is 43.7 Å². The number of imidazole rings is 1. The Morgan fingerprint density at radius 3 is 2.77 bits per heavy atom. The van der Waals surface area contributed by atoms with E-state index in [9.17, 15) is 13.2 Å². The average Bonchev–Trinajstić information content (AvgIpc) is 3.01. The first-order valence-corrected chi connectivity index (χ1v) is 10.3. The zero-order chi connectivity index (χ0) is 18.5. The molecule has 1 atom stereocenters. The van der Waals surface area contributed by atoms with Crippen molar-refractivity contribution in [2.24, 2.45) is 0 Å². The number of nitrogens with zero attached hydrogens (tertiary/aromatic N) is 4. The largest absolute Gasteiger partial charge is 0.335 e. The number of likely N-dealkylation sites (tertiary alicyclic amines) is 1. The van der Waals surface area contributed by atoms with Gasteiger partial charge < -0.3 is 4.90 Å². The fourth-order valence-electron chi connectivity index (χ4n) is 3.79. The Kier molecular flexibility index (Phi) is 4.11. The van der Waals surface area contributed by atoms with E-state index >= 15 is 0 Å². The van der Waals surface area contributed by atoms with E-state index < -0.39 is 10.0 Å². The molecule has 2 aliphatic rings. The molecule has 26 heavy (non-hydrogen) atoms. The van der Waals surface area contributed by atoms with Gasteiger partial charge in [-0.05, 0) is 38.3 Å². The summed E-state index contributed by atoms with van der Waals surface area (Å²) in [7, 11) is -2.08. The standard InChI is InChI=1S/C18H22N4O3S/c1-13-7-5-6-10-21(13)18(23)17-15-11-20(2)26(24,25)16-9-4-3-8-14(16)22(15)12-19-17/h3-4,8-9,12-13H,5-7,10-11H2,1-2H3/t13-/m1/s1. The number of para-hydroxylation sites is 1. The normalized spacial score (nSPS) is 22.4. The van der Waals surface area contributed by atoms with E-state index in [1.54, 1.807) is 35.2 Å². The van der Waals surface area contributed by atoms with E-state index in [-0.39, 0.29) is 23.4 Å². The summed E-state index contributed by atoms with van der Waals surface area (Å²) >= 11 is 0. The van der Waals surface area contributed by atoms with Gasteiger partial charge in [-0.1, -0.05) is 12.1 Å². The second kappa shape index (κ2) is 6.21. The minimum Gasteiger partial charge on any atom is -0.335 e. The van der Waals surface area contributed by atoms with Gasteiger partial charge in [0.1, 0.15) is 11.2 Å². The summed E-state index contributed by atoms with van der Waals surface area (Å²) in [6.45, 7) is 2.88. The topological polar surface area (TPSA) is 75.5 Å². The van der Waals surface area contributed by atoms with Crippen molar-refractivity contribution in [1.82, 2.24) is 18.8 Å². The number of fused-ring (bicyclic) bond motifs is 3. The van der Waals surface area contributed by atoms with Crippen LogP contribution in [0.1, 0.15) is 42.4 Å². The first-order valence-electron chi connectivity index (χ1n) is 8.84. The highest BCUT2D eigenvalue weighted by atomic mass is 32.2. The molecule has 7 nitrogen and oxygen atoms in total. The molecular weight excluding hydrogens is 352 g/mol. The summed E-state index contributed by atoms with van der Waals surface area (Å²) in [4.78, 5) is 19.6. The second-order valence-corrected chi connectivity index (χ2v) is 9.00. The van der Waals surface area contributed by atoms with Crippen LogP contribution in [0.5, 0.6) is 0 Å². The quantitative estimate of drug-likeness (QED) is 0.765. The molecule has 2 aromatic rings. The third-order valence-corrected chi connectivity index (χ3v) is 7.17. The monoisotopic (exact) mass is 374 g/mol. The molecule has 1 fully saturated rings. The first kappa shape index (κ1) is 17.2. The summed E-state index contributed by atoms with van der Waals surface area (Å²) < 4.78 is 28.7. The van der Waals surface area contributed by atoms with E-state index in [0.29, 0.717) is 17.1 Å². The molecule has 0 spiro atoms. The van der Waals surface area contributed by atoms with Gasteiger partial charge >= 0.3 is 0 Å². The molecule has 138 valence electrons. The molecule has 1 aromatic carbocycles. The third kappa shape index (κ3) is 2.55. The van der Waals surface area contributed by atoms with Crippen LogP contribution in [0.2, 0.25) is 0 Å². The maximum absolute atomic E-state index is 13.1. The highest BCUT2D eigenvalue weighted by Crippen LogP contribution is 2.31. The molecule has 0 N–H and O–H groups in total. The van der Waals surface area contributed by atoms with Crippen molar-refractivity contribution in [1.29, 1.82) is 0 Å². The van der Waals surface area contributed by atoms with Gasteiger partial charge in [0.25, 0.3) is 5.91 Å². The number of hydrogen-bond donors (Lipinski definition) is 0. The number of hydrogen-bond acceptors (Lipinski definition) is 4. The minimum absolute atomic E-state index is 0.111. The van der Waals surface area contributed by atoms with Gasteiger partial charge in [0.2, 0.25) is 10.0 Å². The molecule has 0 radical (unpaired) electrons.